The maximum Gasteiger partial charge on any atom is 0.271 e. The molecule has 0 saturated carbocycles. The summed E-state index contributed by atoms with van der Waals surface area (Å²) in [5.41, 5.74) is 10.9. The lowest BCUT2D eigenvalue weighted by atomic mass is 10.0. The fourth-order valence-electron chi connectivity index (χ4n) is 3.11. The van der Waals surface area contributed by atoms with E-state index in [-0.39, 0.29) is 33.5 Å². The van der Waals surface area contributed by atoms with Gasteiger partial charge in [0.25, 0.3) is 11.8 Å². The molecule has 10 nitrogen and oxygen atoms in total. The van der Waals surface area contributed by atoms with Gasteiger partial charge in [0, 0.05) is 35.3 Å². The summed E-state index contributed by atoms with van der Waals surface area (Å²) in [5.74, 6) is -2.02. The Labute approximate surface area is 205 Å². The van der Waals surface area contributed by atoms with Crippen LogP contribution in [0.3, 0.4) is 0 Å². The molecule has 0 radical (unpaired) electrons. The molecule has 1 atom stereocenters. The van der Waals surface area contributed by atoms with Gasteiger partial charge >= 0.3 is 0 Å². The van der Waals surface area contributed by atoms with E-state index in [0.29, 0.717) is 11.3 Å². The van der Waals surface area contributed by atoms with Gasteiger partial charge in [-0.15, -0.1) is 0 Å². The summed E-state index contributed by atoms with van der Waals surface area (Å²) in [7, 11) is 2.73. The fraction of sp³-hybridized carbons (Fsp3) is 0.130. The second-order valence-corrected chi connectivity index (χ2v) is 7.50. The summed E-state index contributed by atoms with van der Waals surface area (Å²) in [6.45, 7) is 0. The molecule has 1 heterocycles. The van der Waals surface area contributed by atoms with Gasteiger partial charge in [-0.1, -0.05) is 11.6 Å². The van der Waals surface area contributed by atoms with Crippen molar-refractivity contribution in [3.8, 4) is 11.5 Å². The third-order valence-corrected chi connectivity index (χ3v) is 5.20. The zero-order valence-corrected chi connectivity index (χ0v) is 19.4. The number of hydrogen-bond acceptors (Lipinski definition) is 7. The molecular weight excluding hydrogens is 479 g/mol. The van der Waals surface area contributed by atoms with Gasteiger partial charge in [0.2, 0.25) is 0 Å². The highest BCUT2D eigenvalue weighted by Gasteiger charge is 2.27. The quantitative estimate of drug-likeness (QED) is 0.181. The molecule has 0 bridgehead atoms. The average molecular weight is 501 g/mol. The van der Waals surface area contributed by atoms with Crippen molar-refractivity contribution >= 4 is 34.9 Å². The van der Waals surface area contributed by atoms with E-state index in [2.05, 4.69) is 21.2 Å². The Morgan fingerprint density at radius 3 is 2.34 bits per heavy atom. The van der Waals surface area contributed by atoms with Gasteiger partial charge in [0.1, 0.15) is 17.7 Å². The lowest BCUT2D eigenvalue weighted by molar-refractivity contribution is -0.122. The Morgan fingerprint density at radius 1 is 1.09 bits per heavy atom. The van der Waals surface area contributed by atoms with Crippen LogP contribution in [0.25, 0.3) is 0 Å². The molecule has 0 aliphatic carbocycles. The molecular formula is C23H22ClFN6O4. The second kappa shape index (κ2) is 11.2. The normalized spacial score (nSPS) is 11.2. The number of nitrogens with two attached hydrogens (primary N) is 1. The number of ether oxygens (including phenoxy) is 2. The van der Waals surface area contributed by atoms with Crippen molar-refractivity contribution in [1.29, 1.82) is 5.41 Å². The van der Waals surface area contributed by atoms with Crippen molar-refractivity contribution in [3.63, 3.8) is 0 Å². The van der Waals surface area contributed by atoms with Crippen molar-refractivity contribution < 1.29 is 23.5 Å². The Bertz CT molecular complexity index is 1260. The maximum absolute atomic E-state index is 15.0. The number of nitrogens with one attached hydrogen (secondary N) is 4. The van der Waals surface area contributed by atoms with E-state index in [1.54, 1.807) is 24.3 Å². The van der Waals surface area contributed by atoms with E-state index in [9.17, 15) is 9.59 Å². The number of pyridine rings is 1. The molecule has 0 saturated heterocycles. The molecule has 6 N–H and O–H groups in total. The molecule has 0 spiro atoms. The minimum absolute atomic E-state index is 0.0769. The van der Waals surface area contributed by atoms with E-state index in [1.807, 2.05) is 0 Å². The number of hydrazine groups is 1. The van der Waals surface area contributed by atoms with Crippen LogP contribution in [0, 0.1) is 11.2 Å². The number of rotatable bonds is 8. The summed E-state index contributed by atoms with van der Waals surface area (Å²) in [5, 5.41) is 10.5. The smallest absolute Gasteiger partial charge is 0.271 e. The number of carbonyl (C=O) groups excluding carboxylic acids is 2. The van der Waals surface area contributed by atoms with Gasteiger partial charge in [-0.25, -0.2) is 4.39 Å². The van der Waals surface area contributed by atoms with Gasteiger partial charge < -0.3 is 20.5 Å². The number of halogens is 2. The Hall–Kier alpha value is -4.38. The number of amidine groups is 1. The summed E-state index contributed by atoms with van der Waals surface area (Å²) >= 11 is 5.97. The molecule has 3 aromatic rings. The summed E-state index contributed by atoms with van der Waals surface area (Å²) in [6.07, 6.45) is 2.66. The molecule has 2 amide bonds. The average Bonchev–Trinajstić information content (AvgIpc) is 2.86. The summed E-state index contributed by atoms with van der Waals surface area (Å²) < 4.78 is 25.4. The van der Waals surface area contributed by atoms with Crippen molar-refractivity contribution in [2.45, 2.75) is 6.04 Å². The number of nitrogens with zero attached hydrogens (tertiary/aromatic N) is 1. The Morgan fingerprint density at radius 2 is 1.74 bits per heavy atom. The molecule has 35 heavy (non-hydrogen) atoms. The van der Waals surface area contributed by atoms with Crippen LogP contribution >= 0.6 is 11.6 Å². The number of amides is 2. The van der Waals surface area contributed by atoms with E-state index in [4.69, 9.17) is 32.2 Å². The van der Waals surface area contributed by atoms with Gasteiger partial charge in [0.05, 0.1) is 24.8 Å². The topological polar surface area (TPSA) is 151 Å². The van der Waals surface area contributed by atoms with E-state index in [1.165, 1.54) is 38.7 Å². The first-order valence-corrected chi connectivity index (χ1v) is 10.4. The number of methoxy groups -OCH3 is 2. The van der Waals surface area contributed by atoms with Crippen LogP contribution < -0.4 is 31.4 Å². The minimum Gasteiger partial charge on any atom is -0.493 e. The van der Waals surface area contributed by atoms with Crippen molar-refractivity contribution in [2.75, 3.05) is 19.5 Å². The Balaban J connectivity index is 1.91. The summed E-state index contributed by atoms with van der Waals surface area (Å²) in [6, 6.07) is 8.75. The SMILES string of the molecule is COc1cc(F)c(C(Nc2ccc(C(=N)N)cc2)C(=O)NNC(=O)c2ccncc2Cl)cc1OC. The highest BCUT2D eigenvalue weighted by Crippen LogP contribution is 2.34. The first-order chi connectivity index (χ1) is 16.7. The molecule has 12 heteroatoms. The van der Waals surface area contributed by atoms with Crippen LogP contribution in [-0.2, 0) is 4.79 Å². The van der Waals surface area contributed by atoms with Crippen molar-refractivity contribution in [2.24, 2.45) is 5.73 Å². The lowest BCUT2D eigenvalue weighted by Crippen LogP contribution is -2.45. The predicted molar refractivity (Wildman–Crippen MR) is 128 cm³/mol. The first kappa shape index (κ1) is 25.2. The minimum atomic E-state index is -1.31. The largest absolute Gasteiger partial charge is 0.493 e. The van der Waals surface area contributed by atoms with E-state index < -0.39 is 23.7 Å². The van der Waals surface area contributed by atoms with Crippen LogP contribution in [0.2, 0.25) is 5.02 Å². The summed E-state index contributed by atoms with van der Waals surface area (Å²) in [4.78, 5) is 29.4. The molecule has 1 aromatic heterocycles. The molecule has 0 aliphatic rings. The number of anilines is 1. The predicted octanol–water partition coefficient (Wildman–Crippen LogP) is 2.79. The van der Waals surface area contributed by atoms with Crippen LogP contribution in [0.15, 0.2) is 54.9 Å². The molecule has 2 aromatic carbocycles. The molecule has 182 valence electrons. The highest BCUT2D eigenvalue weighted by molar-refractivity contribution is 6.33. The molecule has 0 fully saturated rings. The fourth-order valence-corrected chi connectivity index (χ4v) is 3.31. The molecule has 1 unspecified atom stereocenters. The maximum atomic E-state index is 15.0. The molecule has 3 rings (SSSR count). The van der Waals surface area contributed by atoms with Crippen LogP contribution in [0.5, 0.6) is 11.5 Å². The van der Waals surface area contributed by atoms with Gasteiger partial charge in [-0.3, -0.25) is 30.8 Å². The number of benzene rings is 2. The van der Waals surface area contributed by atoms with Crippen LogP contribution in [0.1, 0.15) is 27.5 Å². The highest BCUT2D eigenvalue weighted by atomic mass is 35.5. The van der Waals surface area contributed by atoms with E-state index >= 15 is 4.39 Å². The van der Waals surface area contributed by atoms with E-state index in [0.717, 1.165) is 6.07 Å². The zero-order chi connectivity index (χ0) is 25.5. The lowest BCUT2D eigenvalue weighted by Gasteiger charge is -2.22. The Kier molecular flexibility index (Phi) is 8.05. The third-order valence-electron chi connectivity index (χ3n) is 4.90. The third kappa shape index (κ3) is 5.95. The van der Waals surface area contributed by atoms with Gasteiger partial charge in [-0.05, 0) is 36.4 Å². The van der Waals surface area contributed by atoms with Gasteiger partial charge in [0.15, 0.2) is 11.5 Å². The van der Waals surface area contributed by atoms with Crippen LogP contribution in [-0.4, -0.2) is 36.9 Å². The van der Waals surface area contributed by atoms with Crippen molar-refractivity contribution in [1.82, 2.24) is 15.8 Å². The zero-order valence-electron chi connectivity index (χ0n) is 18.7. The van der Waals surface area contributed by atoms with Gasteiger partial charge in [-0.2, -0.15) is 0 Å². The second-order valence-electron chi connectivity index (χ2n) is 7.10. The number of aromatic nitrogens is 1. The number of carbonyl (C=O) groups is 2. The monoisotopic (exact) mass is 500 g/mol. The standard InChI is InChI=1S/C23H22ClFN6O4/c1-34-18-9-15(17(25)10-19(18)35-2)20(29-13-5-3-12(4-6-13)21(26)27)23(33)31-30-22(32)14-7-8-28-11-16(14)24/h3-11,20,29H,1-2H3,(H3,26,27)(H,30,32)(H,31,33). The number of hydrogen-bond donors (Lipinski definition) is 5. The van der Waals surface area contributed by atoms with Crippen LogP contribution in [0.4, 0.5) is 10.1 Å². The number of nitrogen functional groups attached to an aromatic ring is 1. The molecule has 0 aliphatic heterocycles. The first-order valence-electron chi connectivity index (χ1n) is 10.1. The van der Waals surface area contributed by atoms with Crippen molar-refractivity contribution in [3.05, 3.63) is 82.4 Å².